The first-order valence-corrected chi connectivity index (χ1v) is 6.47. The number of nitrogens with one attached hydrogen (secondary N) is 2. The fraction of sp³-hybridized carbons (Fsp3) is 0.833. The van der Waals surface area contributed by atoms with Crippen LogP contribution in [0.25, 0.3) is 0 Å². The lowest BCUT2D eigenvalue weighted by Crippen LogP contribution is -2.56. The van der Waals surface area contributed by atoms with E-state index in [1.807, 2.05) is 0 Å². The van der Waals surface area contributed by atoms with Crippen molar-refractivity contribution in [3.63, 3.8) is 0 Å². The molecule has 2 aliphatic carbocycles. The molecular weight excluding hydrogens is 218 g/mol. The Hall–Kier alpha value is -1.10. The van der Waals surface area contributed by atoms with Crippen molar-refractivity contribution in [1.82, 2.24) is 10.6 Å². The summed E-state index contributed by atoms with van der Waals surface area (Å²) >= 11 is 0. The van der Waals surface area contributed by atoms with Crippen molar-refractivity contribution in [2.45, 2.75) is 56.5 Å². The molecule has 0 aromatic heterocycles. The molecule has 2 rings (SSSR count). The van der Waals surface area contributed by atoms with Crippen LogP contribution in [0.1, 0.15) is 44.9 Å². The zero-order chi connectivity index (χ0) is 12.3. The molecule has 4 N–H and O–H groups in total. The van der Waals surface area contributed by atoms with Crippen LogP contribution in [0.2, 0.25) is 0 Å². The van der Waals surface area contributed by atoms with E-state index in [9.17, 15) is 9.59 Å². The highest BCUT2D eigenvalue weighted by Gasteiger charge is 2.35. The van der Waals surface area contributed by atoms with Gasteiger partial charge < -0.3 is 16.4 Å². The lowest BCUT2D eigenvalue weighted by Gasteiger charge is -2.31. The first-order valence-electron chi connectivity index (χ1n) is 6.47. The van der Waals surface area contributed by atoms with E-state index >= 15 is 0 Å². The minimum Gasteiger partial charge on any atom is -0.352 e. The minimum atomic E-state index is -0.752. The van der Waals surface area contributed by atoms with Crippen LogP contribution in [-0.4, -0.2) is 29.9 Å². The molecule has 5 heteroatoms. The first kappa shape index (κ1) is 12.4. The molecule has 5 nitrogen and oxygen atoms in total. The zero-order valence-corrected chi connectivity index (χ0v) is 10.1. The van der Waals surface area contributed by atoms with Crippen molar-refractivity contribution in [2.24, 2.45) is 5.73 Å². The van der Waals surface area contributed by atoms with E-state index in [-0.39, 0.29) is 18.4 Å². The summed E-state index contributed by atoms with van der Waals surface area (Å²) in [6.07, 6.45) is 6.71. The number of nitrogens with two attached hydrogens (primary N) is 1. The van der Waals surface area contributed by atoms with Gasteiger partial charge in [-0.15, -0.1) is 0 Å². The third-order valence-corrected chi connectivity index (χ3v) is 3.55. The van der Waals surface area contributed by atoms with Gasteiger partial charge in [-0.2, -0.15) is 0 Å². The normalized spacial score (nSPS) is 22.9. The molecule has 0 spiro atoms. The molecule has 17 heavy (non-hydrogen) atoms. The van der Waals surface area contributed by atoms with E-state index in [0.717, 1.165) is 44.9 Å². The van der Waals surface area contributed by atoms with Crippen LogP contribution in [-0.2, 0) is 9.59 Å². The summed E-state index contributed by atoms with van der Waals surface area (Å²) < 4.78 is 0. The Morgan fingerprint density at radius 1 is 1.18 bits per heavy atom. The standard InChI is InChI=1S/C12H21N3O2/c13-12(6-2-1-3-7-12)11(17)14-8-10(16)15-9-4-5-9/h9H,1-8,13H2,(H,14,17)(H,15,16). The maximum absolute atomic E-state index is 11.9. The van der Waals surface area contributed by atoms with Gasteiger partial charge in [0.15, 0.2) is 0 Å². The Morgan fingerprint density at radius 2 is 1.82 bits per heavy atom. The highest BCUT2D eigenvalue weighted by molar-refractivity contribution is 5.90. The molecule has 2 fully saturated rings. The second-order valence-electron chi connectivity index (χ2n) is 5.24. The highest BCUT2D eigenvalue weighted by atomic mass is 16.2. The van der Waals surface area contributed by atoms with Gasteiger partial charge in [-0.1, -0.05) is 19.3 Å². The Morgan fingerprint density at radius 3 is 2.41 bits per heavy atom. The molecule has 0 unspecified atom stereocenters. The number of hydrogen-bond acceptors (Lipinski definition) is 3. The largest absolute Gasteiger partial charge is 0.352 e. The summed E-state index contributed by atoms with van der Waals surface area (Å²) in [5.74, 6) is -0.289. The van der Waals surface area contributed by atoms with Gasteiger partial charge in [0.2, 0.25) is 11.8 Å². The van der Waals surface area contributed by atoms with Gasteiger partial charge in [0, 0.05) is 6.04 Å². The molecule has 96 valence electrons. The summed E-state index contributed by atoms with van der Waals surface area (Å²) in [5.41, 5.74) is 5.31. The third-order valence-electron chi connectivity index (χ3n) is 3.55. The lowest BCUT2D eigenvalue weighted by molar-refractivity contribution is -0.130. The van der Waals surface area contributed by atoms with Gasteiger partial charge in [-0.25, -0.2) is 0 Å². The fourth-order valence-corrected chi connectivity index (χ4v) is 2.25. The summed E-state index contributed by atoms with van der Waals surface area (Å²) in [6, 6.07) is 0.334. The molecular formula is C12H21N3O2. The van der Waals surface area contributed by atoms with Crippen LogP contribution >= 0.6 is 0 Å². The highest BCUT2D eigenvalue weighted by Crippen LogP contribution is 2.25. The summed E-state index contributed by atoms with van der Waals surface area (Å²) in [7, 11) is 0. The van der Waals surface area contributed by atoms with Crippen LogP contribution < -0.4 is 16.4 Å². The van der Waals surface area contributed by atoms with Crippen LogP contribution in [0.15, 0.2) is 0 Å². The van der Waals surface area contributed by atoms with E-state index < -0.39 is 5.54 Å². The van der Waals surface area contributed by atoms with Gasteiger partial charge in [-0.05, 0) is 25.7 Å². The fourth-order valence-electron chi connectivity index (χ4n) is 2.25. The van der Waals surface area contributed by atoms with Crippen LogP contribution in [0, 0.1) is 0 Å². The van der Waals surface area contributed by atoms with Gasteiger partial charge in [0.1, 0.15) is 0 Å². The average Bonchev–Trinajstić information content (AvgIpc) is 3.11. The number of rotatable bonds is 4. The lowest BCUT2D eigenvalue weighted by atomic mass is 9.82. The minimum absolute atomic E-state index is 0.0499. The Kier molecular flexibility index (Phi) is 3.66. The second-order valence-corrected chi connectivity index (χ2v) is 5.24. The summed E-state index contributed by atoms with van der Waals surface area (Å²) in [4.78, 5) is 23.3. The first-order chi connectivity index (χ1) is 8.10. The van der Waals surface area contributed by atoms with Gasteiger partial charge in [-0.3, -0.25) is 9.59 Å². The topological polar surface area (TPSA) is 84.2 Å². The molecule has 0 aromatic carbocycles. The van der Waals surface area contributed by atoms with E-state index in [2.05, 4.69) is 10.6 Å². The van der Waals surface area contributed by atoms with Crippen molar-refractivity contribution < 1.29 is 9.59 Å². The molecule has 0 saturated heterocycles. The molecule has 2 aliphatic rings. The monoisotopic (exact) mass is 239 g/mol. The molecule has 2 saturated carbocycles. The predicted octanol–water partition coefficient (Wildman–Crippen LogP) is 0.0428. The van der Waals surface area contributed by atoms with Crippen LogP contribution in [0.4, 0.5) is 0 Å². The van der Waals surface area contributed by atoms with Crippen molar-refractivity contribution in [3.8, 4) is 0 Å². The Labute approximate surface area is 102 Å². The van der Waals surface area contributed by atoms with E-state index in [0.29, 0.717) is 6.04 Å². The number of hydrogen-bond donors (Lipinski definition) is 3. The number of carbonyl (C=O) groups excluding carboxylic acids is 2. The molecule has 0 heterocycles. The van der Waals surface area contributed by atoms with Crippen molar-refractivity contribution in [3.05, 3.63) is 0 Å². The molecule has 0 radical (unpaired) electrons. The SMILES string of the molecule is NC1(C(=O)NCC(=O)NC2CC2)CCCCC1. The molecule has 0 aromatic rings. The third kappa shape index (κ3) is 3.43. The van der Waals surface area contributed by atoms with Crippen LogP contribution in [0.5, 0.6) is 0 Å². The smallest absolute Gasteiger partial charge is 0.240 e. The predicted molar refractivity (Wildman–Crippen MR) is 64.2 cm³/mol. The van der Waals surface area contributed by atoms with Gasteiger partial charge in [0.25, 0.3) is 0 Å². The number of amides is 2. The van der Waals surface area contributed by atoms with Gasteiger partial charge in [0.05, 0.1) is 12.1 Å². The van der Waals surface area contributed by atoms with E-state index in [1.165, 1.54) is 0 Å². The number of carbonyl (C=O) groups is 2. The molecule has 2 amide bonds. The molecule has 0 aliphatic heterocycles. The van der Waals surface area contributed by atoms with Crippen molar-refractivity contribution in [2.75, 3.05) is 6.54 Å². The summed E-state index contributed by atoms with van der Waals surface area (Å²) in [6.45, 7) is 0.0499. The quantitative estimate of drug-likeness (QED) is 0.647. The maximum Gasteiger partial charge on any atom is 0.240 e. The average molecular weight is 239 g/mol. The molecule has 0 bridgehead atoms. The van der Waals surface area contributed by atoms with E-state index in [4.69, 9.17) is 5.73 Å². The summed E-state index contributed by atoms with van der Waals surface area (Å²) in [5, 5.41) is 5.48. The Bertz CT molecular complexity index is 307. The Balaban J connectivity index is 1.73. The zero-order valence-electron chi connectivity index (χ0n) is 10.1. The van der Waals surface area contributed by atoms with Crippen molar-refractivity contribution in [1.29, 1.82) is 0 Å². The van der Waals surface area contributed by atoms with Crippen LogP contribution in [0.3, 0.4) is 0 Å². The van der Waals surface area contributed by atoms with Gasteiger partial charge >= 0.3 is 0 Å². The maximum atomic E-state index is 11.9. The van der Waals surface area contributed by atoms with Crippen molar-refractivity contribution >= 4 is 11.8 Å². The van der Waals surface area contributed by atoms with E-state index in [1.54, 1.807) is 0 Å². The second kappa shape index (κ2) is 5.04. The molecule has 0 atom stereocenters.